The Bertz CT molecular complexity index is 810. The molecule has 1 N–H and O–H groups in total. The van der Waals surface area contributed by atoms with Gasteiger partial charge in [0.25, 0.3) is 5.91 Å². The number of aryl methyl sites for hydroxylation is 1. The van der Waals surface area contributed by atoms with E-state index in [4.69, 9.17) is 0 Å². The van der Waals surface area contributed by atoms with E-state index in [0.29, 0.717) is 25.2 Å². The number of nitrogens with zero attached hydrogens (tertiary/aromatic N) is 3. The molecule has 0 radical (unpaired) electrons. The van der Waals surface area contributed by atoms with Gasteiger partial charge in [0, 0.05) is 44.0 Å². The predicted molar refractivity (Wildman–Crippen MR) is 90.9 cm³/mol. The van der Waals surface area contributed by atoms with Crippen molar-refractivity contribution in [2.24, 2.45) is 7.05 Å². The molecular formula is C16H22N4O3S. The zero-order valence-electron chi connectivity index (χ0n) is 14.1. The van der Waals surface area contributed by atoms with E-state index in [-0.39, 0.29) is 10.8 Å². The summed E-state index contributed by atoms with van der Waals surface area (Å²) in [6, 6.07) is 6.09. The summed E-state index contributed by atoms with van der Waals surface area (Å²) < 4.78 is 28.1. The molecule has 7 nitrogen and oxygen atoms in total. The third kappa shape index (κ3) is 4.01. The van der Waals surface area contributed by atoms with E-state index in [2.05, 4.69) is 10.4 Å². The summed E-state index contributed by atoms with van der Waals surface area (Å²) in [5.74, 6) is -0.324. The summed E-state index contributed by atoms with van der Waals surface area (Å²) in [6.07, 6.45) is 3.48. The first-order chi connectivity index (χ1) is 11.4. The number of carbonyl (C=O) groups excluding carboxylic acids is 1. The van der Waals surface area contributed by atoms with Crippen molar-refractivity contribution in [1.82, 2.24) is 19.4 Å². The largest absolute Gasteiger partial charge is 0.348 e. The molecule has 1 amide bonds. The van der Waals surface area contributed by atoms with Crippen molar-refractivity contribution >= 4 is 15.9 Å². The maximum atomic E-state index is 12.5. The maximum Gasteiger partial charge on any atom is 0.251 e. The van der Waals surface area contributed by atoms with E-state index in [1.165, 1.54) is 16.4 Å². The third-order valence-electron chi connectivity index (χ3n) is 3.65. The monoisotopic (exact) mass is 350 g/mol. The Hall–Kier alpha value is -2.19. The van der Waals surface area contributed by atoms with Crippen LogP contribution in [0.4, 0.5) is 0 Å². The average Bonchev–Trinajstić information content (AvgIpc) is 2.99. The zero-order valence-corrected chi connectivity index (χ0v) is 14.9. The van der Waals surface area contributed by atoms with Crippen LogP contribution in [0.3, 0.4) is 0 Å². The first-order valence-electron chi connectivity index (χ1n) is 7.74. The molecule has 2 rings (SSSR count). The van der Waals surface area contributed by atoms with Crippen LogP contribution < -0.4 is 5.32 Å². The van der Waals surface area contributed by atoms with Crippen molar-refractivity contribution in [2.45, 2.75) is 25.3 Å². The van der Waals surface area contributed by atoms with Gasteiger partial charge in [-0.05, 0) is 18.2 Å². The number of sulfonamides is 1. The number of carbonyl (C=O) groups is 1. The number of rotatable bonds is 7. The Morgan fingerprint density at radius 2 is 2.00 bits per heavy atom. The van der Waals surface area contributed by atoms with Gasteiger partial charge in [-0.3, -0.25) is 9.48 Å². The minimum absolute atomic E-state index is 0.125. The predicted octanol–water partition coefficient (Wildman–Crippen LogP) is 1.38. The Balaban J connectivity index is 2.16. The molecule has 2 aromatic rings. The Morgan fingerprint density at radius 3 is 2.58 bits per heavy atom. The van der Waals surface area contributed by atoms with Gasteiger partial charge in [0.2, 0.25) is 10.0 Å². The van der Waals surface area contributed by atoms with Crippen LogP contribution >= 0.6 is 0 Å². The van der Waals surface area contributed by atoms with Crippen molar-refractivity contribution in [3.63, 3.8) is 0 Å². The number of aromatic nitrogens is 2. The molecule has 24 heavy (non-hydrogen) atoms. The summed E-state index contributed by atoms with van der Waals surface area (Å²) in [7, 11) is -1.78. The van der Waals surface area contributed by atoms with E-state index < -0.39 is 10.0 Å². The maximum absolute atomic E-state index is 12.5. The van der Waals surface area contributed by atoms with Crippen LogP contribution in [0.15, 0.2) is 41.6 Å². The minimum atomic E-state index is -3.58. The Labute approximate surface area is 142 Å². The van der Waals surface area contributed by atoms with Crippen molar-refractivity contribution in [3.8, 4) is 0 Å². The molecule has 0 fully saturated rings. The second-order valence-corrected chi connectivity index (χ2v) is 7.26. The number of amides is 1. The lowest BCUT2D eigenvalue weighted by Gasteiger charge is -2.18. The molecule has 0 saturated carbocycles. The fourth-order valence-corrected chi connectivity index (χ4v) is 3.86. The fourth-order valence-electron chi connectivity index (χ4n) is 2.36. The second kappa shape index (κ2) is 7.59. The summed E-state index contributed by atoms with van der Waals surface area (Å²) in [5, 5.41) is 6.80. The number of hydrogen-bond donors (Lipinski definition) is 1. The van der Waals surface area contributed by atoms with Gasteiger partial charge in [-0.2, -0.15) is 9.40 Å². The van der Waals surface area contributed by atoms with Gasteiger partial charge >= 0.3 is 0 Å². The molecule has 0 aliphatic heterocycles. The highest BCUT2D eigenvalue weighted by Gasteiger charge is 2.22. The van der Waals surface area contributed by atoms with E-state index in [9.17, 15) is 13.2 Å². The normalized spacial score (nSPS) is 11.7. The number of benzene rings is 1. The number of hydrogen-bond acceptors (Lipinski definition) is 4. The molecule has 0 saturated heterocycles. The van der Waals surface area contributed by atoms with Crippen molar-refractivity contribution in [2.75, 3.05) is 13.1 Å². The summed E-state index contributed by atoms with van der Waals surface area (Å²) in [6.45, 7) is 4.67. The molecule has 8 heteroatoms. The van der Waals surface area contributed by atoms with Crippen LogP contribution in [0.1, 0.15) is 29.8 Å². The van der Waals surface area contributed by atoms with Gasteiger partial charge in [0.15, 0.2) is 0 Å². The van der Waals surface area contributed by atoms with Crippen LogP contribution in [-0.4, -0.2) is 41.5 Å². The van der Waals surface area contributed by atoms with Crippen LogP contribution in [0.2, 0.25) is 0 Å². The van der Waals surface area contributed by atoms with Gasteiger partial charge in [-0.25, -0.2) is 8.42 Å². The summed E-state index contributed by atoms with van der Waals surface area (Å²) in [5.41, 5.74) is 1.19. The molecule has 0 atom stereocenters. The van der Waals surface area contributed by atoms with Crippen LogP contribution in [0.25, 0.3) is 0 Å². The standard InChI is InChI=1S/C16H22N4O3S/c1-4-20(5-2)24(22,23)15-8-6-7-14(9-15)16(21)17-10-13-11-18-19(3)12-13/h6-9,11-12H,4-5,10H2,1-3H3,(H,17,21). The average molecular weight is 350 g/mol. The van der Waals surface area contributed by atoms with Gasteiger partial charge in [-0.1, -0.05) is 19.9 Å². The van der Waals surface area contributed by atoms with Gasteiger partial charge in [-0.15, -0.1) is 0 Å². The smallest absolute Gasteiger partial charge is 0.251 e. The van der Waals surface area contributed by atoms with Crippen molar-refractivity contribution in [1.29, 1.82) is 0 Å². The fraction of sp³-hybridized carbons (Fsp3) is 0.375. The molecule has 1 heterocycles. The van der Waals surface area contributed by atoms with E-state index in [1.54, 1.807) is 43.9 Å². The highest BCUT2D eigenvalue weighted by atomic mass is 32.2. The molecule has 0 unspecified atom stereocenters. The lowest BCUT2D eigenvalue weighted by atomic mass is 10.2. The Morgan fingerprint density at radius 1 is 1.29 bits per heavy atom. The molecule has 0 aliphatic carbocycles. The SMILES string of the molecule is CCN(CC)S(=O)(=O)c1cccc(C(=O)NCc2cnn(C)c2)c1. The topological polar surface area (TPSA) is 84.3 Å². The van der Waals surface area contributed by atoms with Crippen molar-refractivity contribution < 1.29 is 13.2 Å². The zero-order chi connectivity index (χ0) is 17.7. The lowest BCUT2D eigenvalue weighted by molar-refractivity contribution is 0.0950. The Kier molecular flexibility index (Phi) is 5.74. The molecule has 1 aromatic heterocycles. The highest BCUT2D eigenvalue weighted by molar-refractivity contribution is 7.89. The minimum Gasteiger partial charge on any atom is -0.348 e. The van der Waals surface area contributed by atoms with Gasteiger partial charge in [0.1, 0.15) is 0 Å². The second-order valence-electron chi connectivity index (χ2n) is 5.32. The highest BCUT2D eigenvalue weighted by Crippen LogP contribution is 2.17. The van der Waals surface area contributed by atoms with Gasteiger partial charge < -0.3 is 5.32 Å². The van der Waals surface area contributed by atoms with Gasteiger partial charge in [0.05, 0.1) is 11.1 Å². The quantitative estimate of drug-likeness (QED) is 0.818. The third-order valence-corrected chi connectivity index (χ3v) is 5.70. The van der Waals surface area contributed by atoms with Crippen LogP contribution in [0.5, 0.6) is 0 Å². The van der Waals surface area contributed by atoms with E-state index in [1.807, 2.05) is 6.20 Å². The van der Waals surface area contributed by atoms with E-state index in [0.717, 1.165) is 5.56 Å². The first-order valence-corrected chi connectivity index (χ1v) is 9.18. The number of nitrogens with one attached hydrogen (secondary N) is 1. The van der Waals surface area contributed by atoms with Crippen molar-refractivity contribution in [3.05, 3.63) is 47.8 Å². The lowest BCUT2D eigenvalue weighted by Crippen LogP contribution is -2.31. The summed E-state index contributed by atoms with van der Waals surface area (Å²) in [4.78, 5) is 12.4. The molecular weight excluding hydrogens is 328 g/mol. The van der Waals surface area contributed by atoms with E-state index >= 15 is 0 Å². The molecule has 0 spiro atoms. The molecule has 1 aromatic carbocycles. The molecule has 0 bridgehead atoms. The summed E-state index contributed by atoms with van der Waals surface area (Å²) >= 11 is 0. The molecule has 0 aliphatic rings. The van der Waals surface area contributed by atoms with Crippen LogP contribution in [0, 0.1) is 0 Å². The van der Waals surface area contributed by atoms with Crippen LogP contribution in [-0.2, 0) is 23.6 Å². The first kappa shape index (κ1) is 18.2. The molecule has 130 valence electrons.